The molecule has 3 heteroatoms. The highest BCUT2D eigenvalue weighted by Gasteiger charge is 2.09. The minimum atomic E-state index is -0.321. The van der Waals surface area contributed by atoms with Crippen molar-refractivity contribution in [3.8, 4) is 5.75 Å². The van der Waals surface area contributed by atoms with Gasteiger partial charge in [0.25, 0.3) is 0 Å². The molecule has 1 aromatic rings. The van der Waals surface area contributed by atoms with Gasteiger partial charge in [-0.25, -0.2) is 4.39 Å². The molecule has 0 radical (unpaired) electrons. The van der Waals surface area contributed by atoms with Crippen LogP contribution in [-0.4, -0.2) is 13.2 Å². The lowest BCUT2D eigenvalue weighted by atomic mass is 10.1. The number of nitrogens with one attached hydrogen (secondary N) is 1. The van der Waals surface area contributed by atoms with Crippen LogP contribution in [0.2, 0.25) is 0 Å². The monoisotopic (exact) mass is 211 g/mol. The van der Waals surface area contributed by atoms with Crippen molar-refractivity contribution < 1.29 is 9.13 Å². The van der Waals surface area contributed by atoms with E-state index >= 15 is 0 Å². The zero-order valence-electron chi connectivity index (χ0n) is 9.67. The van der Waals surface area contributed by atoms with Gasteiger partial charge in [0.2, 0.25) is 0 Å². The number of halogens is 1. The van der Waals surface area contributed by atoms with Gasteiger partial charge in [-0.3, -0.25) is 0 Å². The highest BCUT2D eigenvalue weighted by molar-refractivity contribution is 5.31. The van der Waals surface area contributed by atoms with Crippen LogP contribution in [0.1, 0.15) is 32.4 Å². The van der Waals surface area contributed by atoms with E-state index in [0.29, 0.717) is 11.8 Å². The molecule has 0 aromatic heterocycles. The third-order valence-corrected chi connectivity index (χ3v) is 2.26. The van der Waals surface area contributed by atoms with Gasteiger partial charge in [0, 0.05) is 12.1 Å². The average molecular weight is 211 g/mol. The van der Waals surface area contributed by atoms with E-state index in [4.69, 9.17) is 4.74 Å². The molecule has 0 spiro atoms. The van der Waals surface area contributed by atoms with Gasteiger partial charge in [-0.05, 0) is 24.6 Å². The summed E-state index contributed by atoms with van der Waals surface area (Å²) < 4.78 is 18.1. The Labute approximate surface area is 90.4 Å². The molecule has 0 aliphatic heterocycles. The van der Waals surface area contributed by atoms with Crippen LogP contribution >= 0.6 is 0 Å². The van der Waals surface area contributed by atoms with E-state index in [1.807, 2.05) is 6.92 Å². The van der Waals surface area contributed by atoms with Crippen LogP contribution in [0.4, 0.5) is 4.39 Å². The molecule has 1 unspecified atom stereocenters. The van der Waals surface area contributed by atoms with E-state index in [1.165, 1.54) is 13.2 Å². The molecule has 1 rings (SSSR count). The second-order valence-electron chi connectivity index (χ2n) is 3.94. The Hall–Kier alpha value is -1.09. The fourth-order valence-electron chi connectivity index (χ4n) is 1.54. The lowest BCUT2D eigenvalue weighted by Gasteiger charge is -2.17. The molecular formula is C12H18FNO. The molecule has 0 bridgehead atoms. The molecule has 15 heavy (non-hydrogen) atoms. The van der Waals surface area contributed by atoms with Crippen LogP contribution in [-0.2, 0) is 0 Å². The standard InChI is InChI=1S/C12H18FNO/c1-8(2)14-9(3)10-5-6-11(13)12(7-10)15-4/h5-9,14H,1-4H3. The van der Waals surface area contributed by atoms with Crippen molar-refractivity contribution in [2.75, 3.05) is 7.11 Å². The summed E-state index contributed by atoms with van der Waals surface area (Å²) in [6.45, 7) is 6.21. The average Bonchev–Trinajstić information content (AvgIpc) is 2.17. The maximum Gasteiger partial charge on any atom is 0.165 e. The van der Waals surface area contributed by atoms with E-state index in [9.17, 15) is 4.39 Å². The minimum Gasteiger partial charge on any atom is -0.494 e. The molecule has 1 atom stereocenters. The molecule has 0 amide bonds. The van der Waals surface area contributed by atoms with Gasteiger partial charge in [0.15, 0.2) is 11.6 Å². The van der Waals surface area contributed by atoms with Crippen LogP contribution < -0.4 is 10.1 Å². The largest absolute Gasteiger partial charge is 0.494 e. The second kappa shape index (κ2) is 5.12. The zero-order valence-corrected chi connectivity index (χ0v) is 9.67. The predicted octanol–water partition coefficient (Wildman–Crippen LogP) is 2.89. The maximum atomic E-state index is 13.2. The van der Waals surface area contributed by atoms with Gasteiger partial charge in [0.1, 0.15) is 0 Å². The summed E-state index contributed by atoms with van der Waals surface area (Å²) in [5, 5.41) is 3.35. The van der Waals surface area contributed by atoms with Gasteiger partial charge in [0.05, 0.1) is 7.11 Å². The Morgan fingerprint density at radius 2 is 1.93 bits per heavy atom. The molecular weight excluding hydrogens is 193 g/mol. The van der Waals surface area contributed by atoms with Crippen molar-refractivity contribution >= 4 is 0 Å². The normalized spacial score (nSPS) is 12.9. The molecule has 1 N–H and O–H groups in total. The van der Waals surface area contributed by atoms with E-state index in [2.05, 4.69) is 19.2 Å². The second-order valence-corrected chi connectivity index (χ2v) is 3.94. The summed E-state index contributed by atoms with van der Waals surface area (Å²) >= 11 is 0. The van der Waals surface area contributed by atoms with Crippen LogP contribution in [0.25, 0.3) is 0 Å². The topological polar surface area (TPSA) is 21.3 Å². The highest BCUT2D eigenvalue weighted by Crippen LogP contribution is 2.22. The predicted molar refractivity (Wildman–Crippen MR) is 59.6 cm³/mol. The molecule has 0 heterocycles. The van der Waals surface area contributed by atoms with E-state index in [1.54, 1.807) is 12.1 Å². The Morgan fingerprint density at radius 1 is 1.27 bits per heavy atom. The summed E-state index contributed by atoms with van der Waals surface area (Å²) in [6, 6.07) is 5.54. The third-order valence-electron chi connectivity index (χ3n) is 2.26. The number of methoxy groups -OCH3 is 1. The number of benzene rings is 1. The number of hydrogen-bond donors (Lipinski definition) is 1. The van der Waals surface area contributed by atoms with Crippen molar-refractivity contribution in [1.82, 2.24) is 5.32 Å². The quantitative estimate of drug-likeness (QED) is 0.826. The van der Waals surface area contributed by atoms with Crippen LogP contribution in [0, 0.1) is 5.82 Å². The van der Waals surface area contributed by atoms with E-state index in [-0.39, 0.29) is 11.9 Å². The molecule has 2 nitrogen and oxygen atoms in total. The summed E-state index contributed by atoms with van der Waals surface area (Å²) in [6.07, 6.45) is 0. The molecule has 1 aromatic carbocycles. The Bertz CT molecular complexity index is 325. The molecule has 0 aliphatic carbocycles. The zero-order chi connectivity index (χ0) is 11.4. The first-order chi connectivity index (χ1) is 7.04. The number of ether oxygens (including phenoxy) is 1. The first-order valence-electron chi connectivity index (χ1n) is 5.14. The lowest BCUT2D eigenvalue weighted by molar-refractivity contribution is 0.384. The Kier molecular flexibility index (Phi) is 4.09. The number of hydrogen-bond acceptors (Lipinski definition) is 2. The van der Waals surface area contributed by atoms with Crippen molar-refractivity contribution in [3.63, 3.8) is 0 Å². The van der Waals surface area contributed by atoms with Gasteiger partial charge in [-0.2, -0.15) is 0 Å². The van der Waals surface area contributed by atoms with Crippen molar-refractivity contribution in [2.24, 2.45) is 0 Å². The molecule has 84 valence electrons. The van der Waals surface area contributed by atoms with Gasteiger partial charge in [-0.15, -0.1) is 0 Å². The molecule has 0 fully saturated rings. The van der Waals surface area contributed by atoms with Crippen LogP contribution in [0.3, 0.4) is 0 Å². The van der Waals surface area contributed by atoms with E-state index < -0.39 is 0 Å². The van der Waals surface area contributed by atoms with Gasteiger partial charge in [-0.1, -0.05) is 19.9 Å². The molecule has 0 saturated carbocycles. The summed E-state index contributed by atoms with van der Waals surface area (Å²) in [5.74, 6) is -0.0251. The Morgan fingerprint density at radius 3 is 2.47 bits per heavy atom. The summed E-state index contributed by atoms with van der Waals surface area (Å²) in [4.78, 5) is 0. The third kappa shape index (κ3) is 3.20. The smallest absolute Gasteiger partial charge is 0.165 e. The lowest BCUT2D eigenvalue weighted by Crippen LogP contribution is -2.26. The van der Waals surface area contributed by atoms with E-state index in [0.717, 1.165) is 5.56 Å². The van der Waals surface area contributed by atoms with Gasteiger partial charge < -0.3 is 10.1 Å². The van der Waals surface area contributed by atoms with Crippen LogP contribution in [0.5, 0.6) is 5.75 Å². The fourth-order valence-corrected chi connectivity index (χ4v) is 1.54. The van der Waals surface area contributed by atoms with Crippen molar-refractivity contribution in [2.45, 2.75) is 32.9 Å². The summed E-state index contributed by atoms with van der Waals surface area (Å²) in [5.41, 5.74) is 1.03. The maximum absolute atomic E-state index is 13.2. The summed E-state index contributed by atoms with van der Waals surface area (Å²) in [7, 11) is 1.47. The molecule has 0 aliphatic rings. The SMILES string of the molecule is COc1cc(C(C)NC(C)C)ccc1F. The highest BCUT2D eigenvalue weighted by atomic mass is 19.1. The fraction of sp³-hybridized carbons (Fsp3) is 0.500. The van der Waals surface area contributed by atoms with Crippen LogP contribution in [0.15, 0.2) is 18.2 Å². The Balaban J connectivity index is 2.85. The van der Waals surface area contributed by atoms with Gasteiger partial charge >= 0.3 is 0 Å². The van der Waals surface area contributed by atoms with Crippen molar-refractivity contribution in [3.05, 3.63) is 29.6 Å². The van der Waals surface area contributed by atoms with Crippen molar-refractivity contribution in [1.29, 1.82) is 0 Å². The first-order valence-corrected chi connectivity index (χ1v) is 5.14. The minimum absolute atomic E-state index is 0.194. The number of rotatable bonds is 4. The molecule has 0 saturated heterocycles. The first kappa shape index (κ1) is 12.0.